The number of hydrogen-bond acceptors (Lipinski definition) is 8. The minimum Gasteiger partial charge on any atom is -0.393 e. The van der Waals surface area contributed by atoms with Gasteiger partial charge in [0.05, 0.1) is 6.10 Å². The van der Waals surface area contributed by atoms with E-state index in [1.54, 1.807) is 0 Å². The van der Waals surface area contributed by atoms with Crippen LogP contribution < -0.4 is 28.4 Å². The highest BCUT2D eigenvalue weighted by Gasteiger charge is 2.36. The normalized spacial score (nSPS) is 18.2. The Morgan fingerprint density at radius 1 is 1.05 bits per heavy atom. The van der Waals surface area contributed by atoms with Crippen molar-refractivity contribution in [1.29, 1.82) is 0 Å². The first-order valence-corrected chi connectivity index (χ1v) is 13.6. The third-order valence-corrected chi connectivity index (χ3v) is 7.19. The highest BCUT2D eigenvalue weighted by molar-refractivity contribution is 5.91. The summed E-state index contributed by atoms with van der Waals surface area (Å²) >= 11 is 0. The third kappa shape index (κ3) is 9.89. The SMILES string of the molecule is CC(N(N)/C=C(\N)C(N)=O)C(C)(C)C.NC(=O)C(Cc1ccc(-c2ccccc2)cc1)NC(=O)C1CC(O)CN1C=O. The van der Waals surface area contributed by atoms with Crippen LogP contribution in [0.5, 0.6) is 0 Å². The second-order valence-corrected chi connectivity index (χ2v) is 11.4. The Hall–Kier alpha value is -4.42. The van der Waals surface area contributed by atoms with Crippen LogP contribution in [0, 0.1) is 5.41 Å². The first-order chi connectivity index (χ1) is 19.6. The second kappa shape index (κ2) is 15.0. The number of aliphatic hydroxyl groups is 1. The van der Waals surface area contributed by atoms with Crippen LogP contribution in [-0.4, -0.2) is 69.9 Å². The molecule has 2 aromatic carbocycles. The number of benzene rings is 2. The van der Waals surface area contributed by atoms with E-state index in [4.69, 9.17) is 23.0 Å². The van der Waals surface area contributed by atoms with Gasteiger partial charge in [0.25, 0.3) is 5.91 Å². The lowest BCUT2D eigenvalue weighted by Gasteiger charge is -2.34. The number of nitrogens with one attached hydrogen (secondary N) is 1. The van der Waals surface area contributed by atoms with Crippen molar-refractivity contribution >= 4 is 24.1 Å². The van der Waals surface area contributed by atoms with Gasteiger partial charge in [0.2, 0.25) is 18.2 Å². The van der Waals surface area contributed by atoms with Gasteiger partial charge in [-0.2, -0.15) is 0 Å². The van der Waals surface area contributed by atoms with Gasteiger partial charge in [-0.3, -0.25) is 19.2 Å². The maximum absolute atomic E-state index is 12.5. The third-order valence-electron chi connectivity index (χ3n) is 7.19. The Balaban J connectivity index is 0.000000374. The first-order valence-electron chi connectivity index (χ1n) is 13.6. The summed E-state index contributed by atoms with van der Waals surface area (Å²) < 4.78 is 0. The monoisotopic (exact) mass is 581 g/mol. The zero-order chi connectivity index (χ0) is 31.6. The summed E-state index contributed by atoms with van der Waals surface area (Å²) in [4.78, 5) is 47.3. The molecule has 1 fully saturated rings. The summed E-state index contributed by atoms with van der Waals surface area (Å²) in [5, 5.41) is 13.7. The lowest BCUT2D eigenvalue weighted by atomic mass is 9.88. The van der Waals surface area contributed by atoms with Crippen LogP contribution in [0.2, 0.25) is 0 Å². The second-order valence-electron chi connectivity index (χ2n) is 11.4. The van der Waals surface area contributed by atoms with Crippen LogP contribution >= 0.6 is 0 Å². The molecule has 1 heterocycles. The fourth-order valence-electron chi connectivity index (χ4n) is 4.19. The number of nitrogens with zero attached hydrogens (tertiary/aromatic N) is 2. The van der Waals surface area contributed by atoms with Crippen molar-refractivity contribution in [1.82, 2.24) is 15.2 Å². The van der Waals surface area contributed by atoms with E-state index in [9.17, 15) is 24.3 Å². The van der Waals surface area contributed by atoms with Crippen LogP contribution in [0.4, 0.5) is 0 Å². The van der Waals surface area contributed by atoms with Gasteiger partial charge >= 0.3 is 0 Å². The van der Waals surface area contributed by atoms with Crippen molar-refractivity contribution in [3.63, 3.8) is 0 Å². The van der Waals surface area contributed by atoms with E-state index in [0.29, 0.717) is 6.41 Å². The highest BCUT2D eigenvalue weighted by atomic mass is 16.3. The number of nitrogens with two attached hydrogens (primary N) is 4. The molecule has 1 aliphatic heterocycles. The van der Waals surface area contributed by atoms with E-state index in [1.165, 1.54) is 16.1 Å². The number of carbonyl (C=O) groups excluding carboxylic acids is 4. The van der Waals surface area contributed by atoms with E-state index in [2.05, 4.69) is 5.32 Å². The smallest absolute Gasteiger partial charge is 0.266 e. The number of carbonyl (C=O) groups is 4. The molecule has 0 aliphatic carbocycles. The number of β-amino-alcohol motifs (C(OH)–C–C–N with tert-alkyl or cyclic N) is 1. The average Bonchev–Trinajstić information content (AvgIpc) is 3.33. The van der Waals surface area contributed by atoms with E-state index < -0.39 is 35.9 Å². The van der Waals surface area contributed by atoms with Crippen LogP contribution in [0.1, 0.15) is 39.7 Å². The van der Waals surface area contributed by atoms with Crippen LogP contribution in [-0.2, 0) is 25.6 Å². The molecule has 3 rings (SSSR count). The number of likely N-dealkylation sites (tertiary alicyclic amines) is 1. The topological polar surface area (TPSA) is 211 Å². The van der Waals surface area contributed by atoms with E-state index >= 15 is 0 Å². The summed E-state index contributed by atoms with van der Waals surface area (Å²) in [7, 11) is 0. The summed E-state index contributed by atoms with van der Waals surface area (Å²) in [5.41, 5.74) is 18.8. The zero-order valence-corrected chi connectivity index (χ0v) is 24.6. The highest BCUT2D eigenvalue weighted by Crippen LogP contribution is 2.22. The van der Waals surface area contributed by atoms with Gasteiger partial charge in [0.15, 0.2) is 0 Å². The number of aliphatic hydroxyl groups excluding tert-OH is 1. The molecule has 4 unspecified atom stereocenters. The average molecular weight is 582 g/mol. The molecular weight excluding hydrogens is 538 g/mol. The lowest BCUT2D eigenvalue weighted by Crippen LogP contribution is -2.51. The Morgan fingerprint density at radius 2 is 1.62 bits per heavy atom. The van der Waals surface area contributed by atoms with Crippen molar-refractivity contribution in [2.45, 2.75) is 64.8 Å². The number of hydrogen-bond donors (Lipinski definition) is 6. The maximum Gasteiger partial charge on any atom is 0.266 e. The van der Waals surface area contributed by atoms with Crippen molar-refractivity contribution in [2.24, 2.45) is 28.5 Å². The largest absolute Gasteiger partial charge is 0.393 e. The van der Waals surface area contributed by atoms with Gasteiger partial charge in [-0.15, -0.1) is 0 Å². The van der Waals surface area contributed by atoms with Crippen molar-refractivity contribution in [3.8, 4) is 11.1 Å². The van der Waals surface area contributed by atoms with Crippen molar-refractivity contribution in [3.05, 3.63) is 72.1 Å². The fraction of sp³-hybridized carbons (Fsp3) is 0.400. The maximum atomic E-state index is 12.5. The predicted molar refractivity (Wildman–Crippen MR) is 160 cm³/mol. The lowest BCUT2D eigenvalue weighted by molar-refractivity contribution is -0.133. The standard InChI is InChI=1S/C21H23N3O4.C9H20N4O/c22-20(27)18(23-21(28)19-11-17(26)12-24(19)13-25)10-14-6-8-16(9-7-14)15-4-2-1-3-5-15;1-6(9(2,3)4)13(12)5-7(10)8(11)14/h1-9,13,17-19,26H,10-12H2,(H2,22,27)(H,23,28);5-6H,10,12H2,1-4H3,(H2,11,14)/b;7-5-. The Morgan fingerprint density at radius 3 is 2.12 bits per heavy atom. The zero-order valence-electron chi connectivity index (χ0n) is 24.6. The quantitative estimate of drug-likeness (QED) is 0.0994. The van der Waals surface area contributed by atoms with E-state index in [1.807, 2.05) is 82.3 Å². The molecular formula is C30H43N7O5. The molecule has 0 aromatic heterocycles. The molecule has 228 valence electrons. The molecule has 2 aromatic rings. The molecule has 1 aliphatic rings. The molecule has 0 radical (unpaired) electrons. The molecule has 10 N–H and O–H groups in total. The van der Waals surface area contributed by atoms with Crippen molar-refractivity contribution in [2.75, 3.05) is 6.54 Å². The molecule has 12 nitrogen and oxygen atoms in total. The number of primary amides is 2. The summed E-state index contributed by atoms with van der Waals surface area (Å²) in [6.45, 7) is 8.19. The van der Waals surface area contributed by atoms with Crippen molar-refractivity contribution < 1.29 is 24.3 Å². The van der Waals surface area contributed by atoms with Gasteiger partial charge in [-0.1, -0.05) is 75.4 Å². The molecule has 4 amide bonds. The van der Waals surface area contributed by atoms with Gasteiger partial charge in [0.1, 0.15) is 17.8 Å². The number of amides is 4. The van der Waals surface area contributed by atoms with Crippen LogP contribution in [0.3, 0.4) is 0 Å². The van der Waals surface area contributed by atoms with Gasteiger partial charge in [-0.05, 0) is 29.0 Å². The molecule has 0 spiro atoms. The first kappa shape index (κ1) is 33.8. The molecule has 0 saturated carbocycles. The summed E-state index contributed by atoms with van der Waals surface area (Å²) in [5.74, 6) is 3.90. The number of rotatable bonds is 10. The van der Waals surface area contributed by atoms with Crippen LogP contribution in [0.15, 0.2) is 66.5 Å². The summed E-state index contributed by atoms with van der Waals surface area (Å²) in [6.07, 6.45) is 1.52. The molecule has 1 saturated heterocycles. The van der Waals surface area contributed by atoms with Gasteiger partial charge < -0.3 is 37.5 Å². The molecule has 0 bridgehead atoms. The molecule has 4 atom stereocenters. The minimum atomic E-state index is -0.902. The predicted octanol–water partition coefficient (Wildman–Crippen LogP) is 0.340. The Bertz CT molecular complexity index is 1240. The molecule has 42 heavy (non-hydrogen) atoms. The van der Waals surface area contributed by atoms with Crippen LogP contribution in [0.25, 0.3) is 11.1 Å². The van der Waals surface area contributed by atoms with E-state index in [0.717, 1.165) is 16.7 Å². The molecule has 12 heteroatoms. The minimum absolute atomic E-state index is 0.00315. The fourth-order valence-corrected chi connectivity index (χ4v) is 4.19. The van der Waals surface area contributed by atoms with E-state index in [-0.39, 0.29) is 36.5 Å². The van der Waals surface area contributed by atoms with Gasteiger partial charge in [0, 0.05) is 31.6 Å². The van der Waals surface area contributed by atoms with Gasteiger partial charge in [-0.25, -0.2) is 5.84 Å². The Kier molecular flexibility index (Phi) is 12.1. The number of hydrazine groups is 1. The summed E-state index contributed by atoms with van der Waals surface area (Å²) in [6, 6.07) is 15.9. The Labute approximate surface area is 246 Å².